The predicted molar refractivity (Wildman–Crippen MR) is 77.1 cm³/mol. The molecule has 1 amide bonds. The standard InChI is InChI=1S/C14H18BrNO3/c1-16(8-9-5-10(15)6-9)14(18)12-4-3-11(19-2)7-13(12)17/h3-4,7,9-10,17H,5-6,8H2,1-2H3. The number of benzene rings is 1. The van der Waals surface area contributed by atoms with Gasteiger partial charge in [0.1, 0.15) is 11.5 Å². The van der Waals surface area contributed by atoms with E-state index in [9.17, 15) is 9.90 Å². The van der Waals surface area contributed by atoms with Crippen LogP contribution in [0.4, 0.5) is 0 Å². The van der Waals surface area contributed by atoms with Gasteiger partial charge in [-0.3, -0.25) is 4.79 Å². The third-order valence-corrected chi connectivity index (χ3v) is 4.24. The van der Waals surface area contributed by atoms with E-state index in [4.69, 9.17) is 4.74 Å². The molecule has 5 heteroatoms. The van der Waals surface area contributed by atoms with Gasteiger partial charge in [-0.2, -0.15) is 0 Å². The lowest BCUT2D eigenvalue weighted by atomic mass is 9.85. The van der Waals surface area contributed by atoms with Crippen LogP contribution in [0.15, 0.2) is 18.2 Å². The van der Waals surface area contributed by atoms with Crippen LogP contribution in [-0.4, -0.2) is 41.4 Å². The molecule has 0 atom stereocenters. The summed E-state index contributed by atoms with van der Waals surface area (Å²) in [5, 5.41) is 9.85. The molecule has 0 aromatic heterocycles. The minimum absolute atomic E-state index is 0.0387. The summed E-state index contributed by atoms with van der Waals surface area (Å²) < 4.78 is 5.00. The molecule has 4 nitrogen and oxygen atoms in total. The van der Waals surface area contributed by atoms with Gasteiger partial charge in [-0.15, -0.1) is 0 Å². The first-order chi connectivity index (χ1) is 9.01. The summed E-state index contributed by atoms with van der Waals surface area (Å²) in [6.45, 7) is 0.729. The van der Waals surface area contributed by atoms with Crippen LogP contribution in [0.5, 0.6) is 11.5 Å². The molecule has 2 rings (SSSR count). The topological polar surface area (TPSA) is 49.8 Å². The number of halogens is 1. The largest absolute Gasteiger partial charge is 0.507 e. The lowest BCUT2D eigenvalue weighted by Gasteiger charge is -2.34. The molecule has 1 aromatic carbocycles. The molecule has 0 unspecified atom stereocenters. The van der Waals surface area contributed by atoms with Crippen molar-refractivity contribution in [3.63, 3.8) is 0 Å². The summed E-state index contributed by atoms with van der Waals surface area (Å²) >= 11 is 3.54. The molecule has 1 N–H and O–H groups in total. The smallest absolute Gasteiger partial charge is 0.257 e. The van der Waals surface area contributed by atoms with Crippen LogP contribution >= 0.6 is 15.9 Å². The maximum absolute atomic E-state index is 12.2. The number of alkyl halides is 1. The summed E-state index contributed by atoms with van der Waals surface area (Å²) in [6.07, 6.45) is 2.21. The molecule has 0 bridgehead atoms. The van der Waals surface area contributed by atoms with E-state index in [2.05, 4.69) is 15.9 Å². The Bertz CT molecular complexity index is 472. The zero-order chi connectivity index (χ0) is 14.0. The van der Waals surface area contributed by atoms with Crippen LogP contribution < -0.4 is 4.74 Å². The number of rotatable bonds is 4. The molecule has 0 radical (unpaired) electrons. The van der Waals surface area contributed by atoms with Crippen LogP contribution in [-0.2, 0) is 0 Å². The van der Waals surface area contributed by atoms with Crippen molar-refractivity contribution >= 4 is 21.8 Å². The number of amides is 1. The van der Waals surface area contributed by atoms with E-state index in [-0.39, 0.29) is 11.7 Å². The molecule has 104 valence electrons. The Balaban J connectivity index is 2.02. The number of ether oxygens (including phenoxy) is 1. The van der Waals surface area contributed by atoms with Gasteiger partial charge in [-0.25, -0.2) is 0 Å². The molecule has 1 aliphatic rings. The van der Waals surface area contributed by atoms with Gasteiger partial charge in [0.05, 0.1) is 12.7 Å². The molecule has 0 spiro atoms. The monoisotopic (exact) mass is 327 g/mol. The maximum Gasteiger partial charge on any atom is 0.257 e. The quantitative estimate of drug-likeness (QED) is 0.865. The summed E-state index contributed by atoms with van der Waals surface area (Å²) in [5.74, 6) is 0.901. The van der Waals surface area contributed by atoms with Crippen LogP contribution in [0.25, 0.3) is 0 Å². The van der Waals surface area contributed by atoms with Gasteiger partial charge in [0.2, 0.25) is 0 Å². The molecule has 0 heterocycles. The summed E-state index contributed by atoms with van der Waals surface area (Å²) in [5.41, 5.74) is 0.318. The Morgan fingerprint density at radius 1 is 1.53 bits per heavy atom. The molecule has 1 aliphatic carbocycles. The van der Waals surface area contributed by atoms with Crippen LogP contribution in [0.2, 0.25) is 0 Å². The predicted octanol–water partition coefficient (Wildman–Crippen LogP) is 2.65. The van der Waals surface area contributed by atoms with E-state index in [1.807, 2.05) is 0 Å². The highest BCUT2D eigenvalue weighted by molar-refractivity contribution is 9.09. The molecule has 1 fully saturated rings. The number of phenols is 1. The second-order valence-electron chi connectivity index (χ2n) is 5.00. The fourth-order valence-corrected chi connectivity index (χ4v) is 3.36. The number of carbonyl (C=O) groups is 1. The summed E-state index contributed by atoms with van der Waals surface area (Å²) in [6, 6.07) is 4.73. The minimum atomic E-state index is -0.154. The van der Waals surface area contributed by atoms with Crippen molar-refractivity contribution in [2.75, 3.05) is 20.7 Å². The Labute approximate surface area is 121 Å². The van der Waals surface area contributed by atoms with Crippen LogP contribution in [0, 0.1) is 5.92 Å². The normalized spacial score (nSPS) is 21.6. The summed E-state index contributed by atoms with van der Waals surface area (Å²) in [4.78, 5) is 14.5. The van der Waals surface area contributed by atoms with Crippen molar-refractivity contribution in [2.45, 2.75) is 17.7 Å². The number of phenolic OH excluding ortho intramolecular Hbond substituents is 1. The fraction of sp³-hybridized carbons (Fsp3) is 0.500. The van der Waals surface area contributed by atoms with Gasteiger partial charge in [-0.1, -0.05) is 15.9 Å². The van der Waals surface area contributed by atoms with Crippen LogP contribution in [0.3, 0.4) is 0 Å². The highest BCUT2D eigenvalue weighted by Crippen LogP contribution is 2.34. The Morgan fingerprint density at radius 2 is 2.21 bits per heavy atom. The number of methoxy groups -OCH3 is 1. The number of carbonyl (C=O) groups excluding carboxylic acids is 1. The zero-order valence-electron chi connectivity index (χ0n) is 11.1. The highest BCUT2D eigenvalue weighted by Gasteiger charge is 2.29. The molecule has 0 aliphatic heterocycles. The van der Waals surface area contributed by atoms with Gasteiger partial charge in [0.15, 0.2) is 0 Å². The second-order valence-corrected chi connectivity index (χ2v) is 6.30. The van der Waals surface area contributed by atoms with E-state index in [1.165, 1.54) is 13.2 Å². The molecular weight excluding hydrogens is 310 g/mol. The Kier molecular flexibility index (Phi) is 4.34. The van der Waals surface area contributed by atoms with Crippen molar-refractivity contribution < 1.29 is 14.6 Å². The zero-order valence-corrected chi connectivity index (χ0v) is 12.7. The van der Waals surface area contributed by atoms with Gasteiger partial charge in [-0.05, 0) is 30.9 Å². The fourth-order valence-electron chi connectivity index (χ4n) is 2.30. The third kappa shape index (κ3) is 3.21. The first-order valence-corrected chi connectivity index (χ1v) is 7.19. The minimum Gasteiger partial charge on any atom is -0.507 e. The number of nitrogens with zero attached hydrogens (tertiary/aromatic N) is 1. The third-order valence-electron chi connectivity index (χ3n) is 3.49. The first-order valence-electron chi connectivity index (χ1n) is 6.27. The maximum atomic E-state index is 12.2. The van der Waals surface area contributed by atoms with Crippen molar-refractivity contribution in [3.05, 3.63) is 23.8 Å². The summed E-state index contributed by atoms with van der Waals surface area (Å²) in [7, 11) is 3.29. The number of aromatic hydroxyl groups is 1. The molecule has 1 aromatic rings. The van der Waals surface area contributed by atoms with E-state index < -0.39 is 0 Å². The highest BCUT2D eigenvalue weighted by atomic mass is 79.9. The molecule has 1 saturated carbocycles. The first kappa shape index (κ1) is 14.2. The lowest BCUT2D eigenvalue weighted by molar-refractivity contribution is 0.0745. The van der Waals surface area contributed by atoms with Crippen LogP contribution in [0.1, 0.15) is 23.2 Å². The number of hydrogen-bond acceptors (Lipinski definition) is 3. The SMILES string of the molecule is COc1ccc(C(=O)N(C)CC2CC(Br)C2)c(O)c1. The van der Waals surface area contributed by atoms with Gasteiger partial charge < -0.3 is 14.7 Å². The van der Waals surface area contributed by atoms with E-state index in [1.54, 1.807) is 24.1 Å². The van der Waals surface area contributed by atoms with E-state index in [0.29, 0.717) is 22.1 Å². The van der Waals surface area contributed by atoms with E-state index in [0.717, 1.165) is 19.4 Å². The number of hydrogen-bond donors (Lipinski definition) is 1. The van der Waals surface area contributed by atoms with Crippen molar-refractivity contribution in [2.24, 2.45) is 5.92 Å². The molecular formula is C14H18BrNO3. The van der Waals surface area contributed by atoms with E-state index >= 15 is 0 Å². The van der Waals surface area contributed by atoms with Gasteiger partial charge in [0.25, 0.3) is 5.91 Å². The van der Waals surface area contributed by atoms with Crippen molar-refractivity contribution in [3.8, 4) is 11.5 Å². The Hall–Kier alpha value is -1.23. The van der Waals surface area contributed by atoms with Crippen molar-refractivity contribution in [1.82, 2.24) is 4.90 Å². The average Bonchev–Trinajstić information content (AvgIpc) is 2.35. The Morgan fingerprint density at radius 3 is 2.74 bits per heavy atom. The lowest BCUT2D eigenvalue weighted by Crippen LogP contribution is -2.37. The van der Waals surface area contributed by atoms with Crippen molar-refractivity contribution in [1.29, 1.82) is 0 Å². The molecule has 0 saturated heterocycles. The average molecular weight is 328 g/mol. The van der Waals surface area contributed by atoms with Gasteiger partial charge >= 0.3 is 0 Å². The second kappa shape index (κ2) is 5.82. The van der Waals surface area contributed by atoms with Gasteiger partial charge in [0, 0.05) is 24.5 Å². The molecule has 19 heavy (non-hydrogen) atoms.